The first kappa shape index (κ1) is 19.0. The van der Waals surface area contributed by atoms with Crippen LogP contribution in [-0.4, -0.2) is 40.8 Å². The highest BCUT2D eigenvalue weighted by Gasteiger charge is 2.31. The maximum atomic E-state index is 12.8. The molecule has 1 N–H and O–H groups in total. The van der Waals surface area contributed by atoms with E-state index < -0.39 is 30.5 Å². The predicted molar refractivity (Wildman–Crippen MR) is 82.9 cm³/mol. The first-order valence-corrected chi connectivity index (χ1v) is 7.75. The smallest absolute Gasteiger partial charge is 0.422 e. The second-order valence-electron chi connectivity index (χ2n) is 5.69. The molecule has 27 heavy (non-hydrogen) atoms. The summed E-state index contributed by atoms with van der Waals surface area (Å²) >= 11 is 0. The number of ether oxygens (including phenoxy) is 1. The third kappa shape index (κ3) is 5.11. The van der Waals surface area contributed by atoms with Crippen LogP contribution in [-0.2, 0) is 6.18 Å². The maximum Gasteiger partial charge on any atom is 0.422 e. The molecule has 2 heterocycles. The molecule has 12 heteroatoms. The molecule has 0 saturated carbocycles. The van der Waals surface area contributed by atoms with Crippen molar-refractivity contribution in [2.75, 3.05) is 29.9 Å². The number of rotatable bonds is 5. The maximum absolute atomic E-state index is 12.8. The molecule has 0 atom stereocenters. The van der Waals surface area contributed by atoms with Crippen LogP contribution >= 0.6 is 0 Å². The summed E-state index contributed by atoms with van der Waals surface area (Å²) in [6, 6.07) is 3.69. The summed E-state index contributed by atoms with van der Waals surface area (Å²) in [5, 5.41) is 2.55. The van der Waals surface area contributed by atoms with Crippen LogP contribution in [0.25, 0.3) is 0 Å². The Kier molecular flexibility index (Phi) is 4.98. The van der Waals surface area contributed by atoms with Crippen molar-refractivity contribution in [2.24, 2.45) is 0 Å². The van der Waals surface area contributed by atoms with E-state index in [4.69, 9.17) is 0 Å². The van der Waals surface area contributed by atoms with Crippen LogP contribution in [0.4, 0.5) is 43.9 Å². The average Bonchev–Trinajstić information content (AvgIpc) is 2.50. The van der Waals surface area contributed by atoms with Gasteiger partial charge in [0.2, 0.25) is 11.9 Å². The SMILES string of the molecule is FC(F)(F)COc1nc(Nc2cccc(C(F)(F)F)c2)nc(N2CCC2)n1. The van der Waals surface area contributed by atoms with Crippen molar-refractivity contribution in [2.45, 2.75) is 18.8 Å². The van der Waals surface area contributed by atoms with E-state index in [0.717, 1.165) is 18.6 Å². The van der Waals surface area contributed by atoms with E-state index in [1.165, 1.54) is 12.1 Å². The molecule has 6 nitrogen and oxygen atoms in total. The Morgan fingerprint density at radius 1 is 1.04 bits per heavy atom. The van der Waals surface area contributed by atoms with Crippen LogP contribution in [0.15, 0.2) is 24.3 Å². The van der Waals surface area contributed by atoms with E-state index in [1.807, 2.05) is 0 Å². The molecular weight excluding hydrogens is 380 g/mol. The summed E-state index contributed by atoms with van der Waals surface area (Å²) in [6.45, 7) is -0.392. The molecule has 1 fully saturated rings. The molecule has 0 spiro atoms. The van der Waals surface area contributed by atoms with E-state index in [1.54, 1.807) is 4.90 Å². The zero-order valence-corrected chi connectivity index (χ0v) is 13.6. The second kappa shape index (κ2) is 7.08. The molecule has 1 aliphatic heterocycles. The van der Waals surface area contributed by atoms with Gasteiger partial charge in [0.25, 0.3) is 0 Å². The molecule has 0 aliphatic carbocycles. The van der Waals surface area contributed by atoms with Crippen molar-refractivity contribution in [3.05, 3.63) is 29.8 Å². The Bertz CT molecular complexity index is 806. The monoisotopic (exact) mass is 393 g/mol. The number of hydrogen-bond donors (Lipinski definition) is 1. The van der Waals surface area contributed by atoms with Crippen molar-refractivity contribution in [3.8, 4) is 6.01 Å². The lowest BCUT2D eigenvalue weighted by Gasteiger charge is -2.30. The summed E-state index contributed by atoms with van der Waals surface area (Å²) in [6.07, 6.45) is -8.26. The number of benzene rings is 1. The van der Waals surface area contributed by atoms with Crippen molar-refractivity contribution >= 4 is 17.6 Å². The number of halogens is 6. The minimum Gasteiger partial charge on any atom is -0.454 e. The number of nitrogens with one attached hydrogen (secondary N) is 1. The van der Waals surface area contributed by atoms with Gasteiger partial charge in [-0.1, -0.05) is 6.07 Å². The van der Waals surface area contributed by atoms with E-state index in [0.29, 0.717) is 13.1 Å². The fourth-order valence-corrected chi connectivity index (χ4v) is 2.17. The molecule has 1 saturated heterocycles. The summed E-state index contributed by atoms with van der Waals surface area (Å²) < 4.78 is 80.0. The summed E-state index contributed by atoms with van der Waals surface area (Å²) in [7, 11) is 0. The van der Waals surface area contributed by atoms with Crippen LogP contribution in [0.5, 0.6) is 6.01 Å². The molecule has 146 valence electrons. The molecule has 3 rings (SSSR count). The average molecular weight is 393 g/mol. The Morgan fingerprint density at radius 3 is 2.37 bits per heavy atom. The van der Waals surface area contributed by atoms with Gasteiger partial charge in [-0.3, -0.25) is 0 Å². The van der Waals surface area contributed by atoms with Crippen molar-refractivity contribution < 1.29 is 31.1 Å². The normalized spacial score (nSPS) is 14.7. The van der Waals surface area contributed by atoms with Gasteiger partial charge in [-0.15, -0.1) is 0 Å². The Balaban J connectivity index is 1.85. The highest BCUT2D eigenvalue weighted by Crippen LogP contribution is 2.31. The molecule has 0 amide bonds. The van der Waals surface area contributed by atoms with E-state index in [2.05, 4.69) is 25.0 Å². The van der Waals surface area contributed by atoms with Gasteiger partial charge < -0.3 is 15.0 Å². The number of hydrogen-bond acceptors (Lipinski definition) is 6. The highest BCUT2D eigenvalue weighted by atomic mass is 19.4. The van der Waals surface area contributed by atoms with Crippen molar-refractivity contribution in [1.82, 2.24) is 15.0 Å². The standard InChI is InChI=1S/C15H13F6N5O/c16-14(17,18)8-27-13-24-11(23-12(25-13)26-5-2-6-26)22-10-4-1-3-9(7-10)15(19,20)21/h1,3-4,7H,2,5-6,8H2,(H,22,23,24,25). The van der Waals surface area contributed by atoms with Gasteiger partial charge in [0.1, 0.15) is 0 Å². The Hall–Kier alpha value is -2.79. The molecule has 0 radical (unpaired) electrons. The zero-order chi connectivity index (χ0) is 19.7. The van der Waals surface area contributed by atoms with Crippen molar-refractivity contribution in [3.63, 3.8) is 0 Å². The highest BCUT2D eigenvalue weighted by molar-refractivity contribution is 5.56. The number of anilines is 3. The van der Waals surface area contributed by atoms with Gasteiger partial charge in [-0.2, -0.15) is 41.3 Å². The van der Waals surface area contributed by atoms with Crippen LogP contribution in [0.1, 0.15) is 12.0 Å². The van der Waals surface area contributed by atoms with Crippen LogP contribution in [0.2, 0.25) is 0 Å². The fourth-order valence-electron chi connectivity index (χ4n) is 2.17. The van der Waals surface area contributed by atoms with Gasteiger partial charge in [0, 0.05) is 18.8 Å². The minimum absolute atomic E-state index is 0.0207. The Morgan fingerprint density at radius 2 is 1.78 bits per heavy atom. The van der Waals surface area contributed by atoms with E-state index in [-0.39, 0.29) is 17.6 Å². The van der Waals surface area contributed by atoms with Crippen LogP contribution in [0, 0.1) is 0 Å². The topological polar surface area (TPSA) is 63.2 Å². The van der Waals surface area contributed by atoms with Gasteiger partial charge in [-0.05, 0) is 24.6 Å². The summed E-state index contributed by atoms with van der Waals surface area (Å²) in [5.74, 6) is -0.133. The number of nitrogens with zero attached hydrogens (tertiary/aromatic N) is 4. The lowest BCUT2D eigenvalue weighted by atomic mass is 10.2. The second-order valence-corrected chi connectivity index (χ2v) is 5.69. The first-order chi connectivity index (χ1) is 12.6. The molecule has 2 aromatic rings. The third-order valence-electron chi connectivity index (χ3n) is 3.55. The van der Waals surface area contributed by atoms with Gasteiger partial charge in [0.15, 0.2) is 6.61 Å². The largest absolute Gasteiger partial charge is 0.454 e. The molecular formula is C15H13F6N5O. The lowest BCUT2D eigenvalue weighted by Crippen LogP contribution is -2.38. The predicted octanol–water partition coefficient (Wildman–Crippen LogP) is 3.79. The fraction of sp³-hybridized carbons (Fsp3) is 0.400. The zero-order valence-electron chi connectivity index (χ0n) is 13.6. The lowest BCUT2D eigenvalue weighted by molar-refractivity contribution is -0.154. The van der Waals surface area contributed by atoms with Gasteiger partial charge in [0.05, 0.1) is 5.56 Å². The van der Waals surface area contributed by atoms with Gasteiger partial charge in [-0.25, -0.2) is 0 Å². The van der Waals surface area contributed by atoms with Gasteiger partial charge >= 0.3 is 18.4 Å². The molecule has 0 unspecified atom stereocenters. The molecule has 1 aliphatic rings. The number of alkyl halides is 6. The third-order valence-corrected chi connectivity index (χ3v) is 3.55. The first-order valence-electron chi connectivity index (χ1n) is 7.75. The summed E-state index contributed by atoms with van der Waals surface area (Å²) in [4.78, 5) is 13.2. The summed E-state index contributed by atoms with van der Waals surface area (Å²) in [5.41, 5.74) is -0.870. The molecule has 1 aromatic heterocycles. The Labute approximate surface area is 149 Å². The van der Waals surface area contributed by atoms with E-state index in [9.17, 15) is 26.3 Å². The number of aromatic nitrogens is 3. The quantitative estimate of drug-likeness (QED) is 0.780. The van der Waals surface area contributed by atoms with E-state index >= 15 is 0 Å². The van der Waals surface area contributed by atoms with Crippen LogP contribution in [0.3, 0.4) is 0 Å². The van der Waals surface area contributed by atoms with Crippen molar-refractivity contribution in [1.29, 1.82) is 0 Å². The minimum atomic E-state index is -4.59. The van der Waals surface area contributed by atoms with Crippen LogP contribution < -0.4 is 15.0 Å². The molecule has 1 aromatic carbocycles. The molecule has 0 bridgehead atoms.